The molecule has 0 unspecified atom stereocenters. The predicted molar refractivity (Wildman–Crippen MR) is 106 cm³/mol. The van der Waals surface area contributed by atoms with Crippen LogP contribution in [0, 0.1) is 0 Å². The van der Waals surface area contributed by atoms with Crippen LogP contribution in [0.25, 0.3) is 0 Å². The van der Waals surface area contributed by atoms with Crippen LogP contribution in [0.3, 0.4) is 0 Å². The molecule has 0 N–H and O–H groups in total. The van der Waals surface area contributed by atoms with Gasteiger partial charge in [-0.15, -0.1) is 0 Å². The number of thioether (sulfide) groups is 1. The first kappa shape index (κ1) is 20.5. The molecule has 2 aromatic rings. The molecule has 0 bridgehead atoms. The zero-order chi connectivity index (χ0) is 20.1. The lowest BCUT2D eigenvalue weighted by Gasteiger charge is -2.35. The third-order valence-electron chi connectivity index (χ3n) is 4.64. The number of nitrogens with zero attached hydrogens (tertiary/aromatic N) is 3. The van der Waals surface area contributed by atoms with Gasteiger partial charge in [0.25, 0.3) is 5.91 Å². The molecule has 3 rings (SSSR count). The maximum absolute atomic E-state index is 12.7. The Morgan fingerprint density at radius 3 is 2.29 bits per heavy atom. The highest BCUT2D eigenvalue weighted by atomic mass is 32.2. The van der Waals surface area contributed by atoms with Crippen molar-refractivity contribution in [1.29, 1.82) is 0 Å². The van der Waals surface area contributed by atoms with Crippen molar-refractivity contribution in [1.82, 2.24) is 9.88 Å². The molecule has 1 aliphatic rings. The van der Waals surface area contributed by atoms with E-state index in [1.54, 1.807) is 4.90 Å². The molecule has 8 heteroatoms. The molecule has 0 saturated carbocycles. The molecule has 150 valence electrons. The number of alkyl halides is 3. The Morgan fingerprint density at radius 2 is 1.75 bits per heavy atom. The number of halogens is 3. The van der Waals surface area contributed by atoms with Crippen LogP contribution < -0.4 is 4.90 Å². The number of hydrogen-bond acceptors (Lipinski definition) is 4. The van der Waals surface area contributed by atoms with E-state index >= 15 is 0 Å². The van der Waals surface area contributed by atoms with Crippen molar-refractivity contribution in [3.63, 3.8) is 0 Å². The number of hydrogen-bond donors (Lipinski definition) is 0. The summed E-state index contributed by atoms with van der Waals surface area (Å²) in [5.74, 6) is 2.47. The van der Waals surface area contributed by atoms with Crippen molar-refractivity contribution >= 4 is 23.5 Å². The number of benzene rings is 1. The first-order valence-electron chi connectivity index (χ1n) is 9.12. The molecule has 1 aliphatic heterocycles. The number of rotatable bonds is 5. The zero-order valence-electron chi connectivity index (χ0n) is 15.6. The maximum Gasteiger partial charge on any atom is 0.417 e. The number of amides is 1. The lowest BCUT2D eigenvalue weighted by atomic mass is 10.1. The largest absolute Gasteiger partial charge is 0.417 e. The third kappa shape index (κ3) is 4.98. The van der Waals surface area contributed by atoms with Crippen LogP contribution in [-0.4, -0.2) is 47.7 Å². The first-order chi connectivity index (χ1) is 13.4. The van der Waals surface area contributed by atoms with Crippen LogP contribution in [0.4, 0.5) is 19.0 Å². The van der Waals surface area contributed by atoms with Crippen LogP contribution in [0.5, 0.6) is 0 Å². The van der Waals surface area contributed by atoms with E-state index in [2.05, 4.69) is 11.9 Å². The molecule has 1 amide bonds. The van der Waals surface area contributed by atoms with Crippen LogP contribution in [0.2, 0.25) is 0 Å². The molecular formula is C20H22F3N3OS. The Morgan fingerprint density at radius 1 is 1.07 bits per heavy atom. The number of carbonyl (C=O) groups excluding carboxylic acids is 1. The highest BCUT2D eigenvalue weighted by Gasteiger charge is 2.31. The number of carbonyl (C=O) groups is 1. The van der Waals surface area contributed by atoms with Crippen LogP contribution in [0.1, 0.15) is 28.4 Å². The monoisotopic (exact) mass is 409 g/mol. The topological polar surface area (TPSA) is 36.4 Å². The summed E-state index contributed by atoms with van der Waals surface area (Å²) < 4.78 is 38.0. The first-order valence-corrected chi connectivity index (χ1v) is 10.3. The molecule has 1 aromatic heterocycles. The van der Waals surface area contributed by atoms with Gasteiger partial charge in [-0.25, -0.2) is 4.98 Å². The van der Waals surface area contributed by atoms with Gasteiger partial charge >= 0.3 is 6.18 Å². The molecule has 0 aliphatic carbocycles. The summed E-state index contributed by atoms with van der Waals surface area (Å²) in [7, 11) is 0. The normalized spacial score (nSPS) is 15.0. The van der Waals surface area contributed by atoms with E-state index < -0.39 is 11.7 Å². The number of piperazine rings is 1. The highest BCUT2D eigenvalue weighted by molar-refractivity contribution is 7.98. The Kier molecular flexibility index (Phi) is 6.49. The Hall–Kier alpha value is -2.22. The number of anilines is 1. The van der Waals surface area contributed by atoms with E-state index in [4.69, 9.17) is 0 Å². The smallest absolute Gasteiger partial charge is 0.353 e. The van der Waals surface area contributed by atoms with E-state index in [0.717, 1.165) is 23.8 Å². The summed E-state index contributed by atoms with van der Waals surface area (Å²) in [4.78, 5) is 20.3. The summed E-state index contributed by atoms with van der Waals surface area (Å²) in [6, 6.07) is 10.1. The highest BCUT2D eigenvalue weighted by Crippen LogP contribution is 2.29. The van der Waals surface area contributed by atoms with Crippen molar-refractivity contribution in [2.45, 2.75) is 18.9 Å². The van der Waals surface area contributed by atoms with E-state index in [1.807, 2.05) is 40.9 Å². The molecule has 0 radical (unpaired) electrons. The van der Waals surface area contributed by atoms with Crippen molar-refractivity contribution < 1.29 is 18.0 Å². The summed E-state index contributed by atoms with van der Waals surface area (Å²) in [6.45, 7) is 4.21. The molecule has 2 heterocycles. The number of aromatic nitrogens is 1. The second-order valence-electron chi connectivity index (χ2n) is 6.52. The fourth-order valence-corrected chi connectivity index (χ4v) is 3.66. The molecule has 1 fully saturated rings. The second kappa shape index (κ2) is 8.86. The van der Waals surface area contributed by atoms with Crippen molar-refractivity contribution in [2.75, 3.05) is 36.8 Å². The minimum absolute atomic E-state index is 0.0188. The molecule has 1 saturated heterocycles. The summed E-state index contributed by atoms with van der Waals surface area (Å²) in [5, 5.41) is 0. The fraction of sp³-hybridized carbons (Fsp3) is 0.400. The Bertz CT molecular complexity index is 786. The minimum atomic E-state index is -4.39. The van der Waals surface area contributed by atoms with Crippen molar-refractivity contribution in [2.24, 2.45) is 0 Å². The van der Waals surface area contributed by atoms with Crippen LogP contribution in [0.15, 0.2) is 42.6 Å². The van der Waals surface area contributed by atoms with Gasteiger partial charge in [0.15, 0.2) is 0 Å². The van der Waals surface area contributed by atoms with Crippen molar-refractivity contribution in [3.8, 4) is 0 Å². The summed E-state index contributed by atoms with van der Waals surface area (Å²) >= 11 is 1.83. The van der Waals surface area contributed by atoms with Gasteiger partial charge in [0, 0.05) is 43.7 Å². The fourth-order valence-electron chi connectivity index (χ4n) is 3.03. The average molecular weight is 409 g/mol. The molecule has 1 aromatic carbocycles. The van der Waals surface area contributed by atoms with Crippen LogP contribution in [-0.2, 0) is 11.9 Å². The average Bonchev–Trinajstić information content (AvgIpc) is 2.72. The lowest BCUT2D eigenvalue weighted by Crippen LogP contribution is -2.49. The lowest BCUT2D eigenvalue weighted by molar-refractivity contribution is -0.137. The predicted octanol–water partition coefficient (Wildman–Crippen LogP) is 4.32. The third-order valence-corrected chi connectivity index (χ3v) is 5.59. The van der Waals surface area contributed by atoms with Gasteiger partial charge in [0.2, 0.25) is 0 Å². The van der Waals surface area contributed by atoms with Gasteiger partial charge in [-0.3, -0.25) is 4.79 Å². The SMILES string of the molecule is CCSCc1ccc(C(=O)N2CCN(c3ccc(C(F)(F)F)cn3)CC2)cc1. The number of pyridine rings is 1. The van der Waals surface area contributed by atoms with Gasteiger partial charge in [-0.2, -0.15) is 24.9 Å². The standard InChI is InChI=1S/C20H22F3N3OS/c1-2-28-14-15-3-5-16(6-4-15)19(27)26-11-9-25(10-12-26)18-8-7-17(13-24-18)20(21,22)23/h3-8,13H,2,9-12,14H2,1H3. The van der Waals surface area contributed by atoms with Gasteiger partial charge in [-0.1, -0.05) is 19.1 Å². The molecule has 0 atom stereocenters. The van der Waals surface area contributed by atoms with Gasteiger partial charge in [-0.05, 0) is 35.6 Å². The summed E-state index contributed by atoms with van der Waals surface area (Å²) in [5.41, 5.74) is 1.10. The molecule has 0 spiro atoms. The molecule has 4 nitrogen and oxygen atoms in total. The maximum atomic E-state index is 12.7. The van der Waals surface area contributed by atoms with Gasteiger partial charge < -0.3 is 9.80 Å². The quantitative estimate of drug-likeness (QED) is 0.737. The summed E-state index contributed by atoms with van der Waals surface area (Å²) in [6.07, 6.45) is -3.54. The van der Waals surface area contributed by atoms with Crippen molar-refractivity contribution in [3.05, 3.63) is 59.3 Å². The zero-order valence-corrected chi connectivity index (χ0v) is 16.4. The van der Waals surface area contributed by atoms with Gasteiger partial charge in [0.05, 0.1) is 5.56 Å². The van der Waals surface area contributed by atoms with Gasteiger partial charge in [0.1, 0.15) is 5.82 Å². The van der Waals surface area contributed by atoms with E-state index in [1.165, 1.54) is 11.6 Å². The van der Waals surface area contributed by atoms with Crippen LogP contribution >= 0.6 is 11.8 Å². The molecular weight excluding hydrogens is 387 g/mol. The Labute approximate surface area is 166 Å². The Balaban J connectivity index is 1.56. The minimum Gasteiger partial charge on any atom is -0.353 e. The van der Waals surface area contributed by atoms with E-state index in [9.17, 15) is 18.0 Å². The molecule has 28 heavy (non-hydrogen) atoms. The van der Waals surface area contributed by atoms with E-state index in [0.29, 0.717) is 37.6 Å². The second-order valence-corrected chi connectivity index (χ2v) is 7.79. The van der Waals surface area contributed by atoms with E-state index in [-0.39, 0.29) is 5.91 Å².